The third-order valence-electron chi connectivity index (χ3n) is 2.97. The first kappa shape index (κ1) is 13.0. The van der Waals surface area contributed by atoms with Crippen LogP contribution in [-0.2, 0) is 0 Å². The van der Waals surface area contributed by atoms with Crippen molar-refractivity contribution in [3.63, 3.8) is 0 Å². The van der Waals surface area contributed by atoms with E-state index in [-0.39, 0.29) is 11.3 Å². The fourth-order valence-corrected chi connectivity index (χ4v) is 1.87. The summed E-state index contributed by atoms with van der Waals surface area (Å²) in [4.78, 5) is 12.2. The third kappa shape index (κ3) is 2.64. The van der Waals surface area contributed by atoms with Gasteiger partial charge in [-0.15, -0.1) is 0 Å². The zero-order valence-corrected chi connectivity index (χ0v) is 10.7. The molecule has 0 unspecified atom stereocenters. The summed E-state index contributed by atoms with van der Waals surface area (Å²) < 4.78 is 17.2. The minimum Gasteiger partial charge on any atom is -0.359 e. The molecule has 0 radical (unpaired) electrons. The van der Waals surface area contributed by atoms with E-state index < -0.39 is 5.82 Å². The van der Waals surface area contributed by atoms with Crippen molar-refractivity contribution in [2.75, 3.05) is 0 Å². The fourth-order valence-electron chi connectivity index (χ4n) is 1.87. The molecule has 0 saturated carbocycles. The number of benzene rings is 2. The summed E-state index contributed by atoms with van der Waals surface area (Å²) in [6.45, 7) is 0. The molecule has 1 heterocycles. The van der Waals surface area contributed by atoms with Crippen molar-refractivity contribution in [1.82, 2.24) is 5.16 Å². The molecular weight excluding hydrogens is 275 g/mol. The maximum absolute atomic E-state index is 12.8. The van der Waals surface area contributed by atoms with Crippen LogP contribution in [0.5, 0.6) is 0 Å². The van der Waals surface area contributed by atoms with Crippen LogP contribution in [0, 0.1) is 11.0 Å². The molecule has 3 aromatic rings. The Hall–Kier alpha value is -3.02. The molecule has 1 aromatic heterocycles. The van der Waals surface area contributed by atoms with Gasteiger partial charge in [0.25, 0.3) is 0 Å². The highest BCUT2D eigenvalue weighted by atomic mass is 19.1. The molecule has 104 valence electrons. The van der Waals surface area contributed by atoms with Gasteiger partial charge in [0, 0.05) is 16.8 Å². The molecule has 0 atom stereocenters. The van der Waals surface area contributed by atoms with Crippen molar-refractivity contribution in [2.24, 2.45) is 0 Å². The average Bonchev–Trinajstić information content (AvgIpc) is 2.87. The maximum Gasteiger partial charge on any atom is 0.248 e. The van der Waals surface area contributed by atoms with E-state index in [4.69, 9.17) is 0 Å². The largest absolute Gasteiger partial charge is 0.359 e. The van der Waals surface area contributed by atoms with Gasteiger partial charge in [-0.25, -0.2) is 4.39 Å². The number of halogens is 1. The molecule has 6 heteroatoms. The molecule has 0 fully saturated rings. The number of hydrogen-bond donors (Lipinski definition) is 0. The first-order chi connectivity index (χ1) is 10.1. The van der Waals surface area contributed by atoms with Gasteiger partial charge in [-0.05, 0) is 46.9 Å². The van der Waals surface area contributed by atoms with E-state index in [1.807, 2.05) is 0 Å². The normalized spacial score (nSPS) is 11.3. The summed E-state index contributed by atoms with van der Waals surface area (Å²) in [6.07, 6.45) is 2.93. The number of fused-ring (bicyclic) bond motifs is 1. The summed E-state index contributed by atoms with van der Waals surface area (Å²) in [5.41, 5.74) is 1.77. The molecule has 0 spiro atoms. The van der Waals surface area contributed by atoms with Crippen molar-refractivity contribution < 1.29 is 18.7 Å². The van der Waals surface area contributed by atoms with Crippen molar-refractivity contribution in [3.05, 3.63) is 70.7 Å². The van der Waals surface area contributed by atoms with E-state index >= 15 is 0 Å². The zero-order valence-electron chi connectivity index (χ0n) is 10.7. The number of allylic oxidation sites excluding steroid dienone is 1. The number of aromatic nitrogens is 2. The summed E-state index contributed by atoms with van der Waals surface area (Å²) in [7, 11) is 0. The monoisotopic (exact) mass is 284 g/mol. The van der Waals surface area contributed by atoms with Crippen LogP contribution in [0.4, 0.5) is 4.39 Å². The second-order valence-electron chi connectivity index (χ2n) is 4.38. The van der Waals surface area contributed by atoms with E-state index in [0.717, 1.165) is 0 Å². The molecule has 0 saturated heterocycles. The van der Waals surface area contributed by atoms with Crippen molar-refractivity contribution in [3.8, 4) is 0 Å². The van der Waals surface area contributed by atoms with Crippen molar-refractivity contribution in [2.45, 2.75) is 0 Å². The molecular formula is C15H9FN2O3. The van der Waals surface area contributed by atoms with Crippen LogP contribution < -0.4 is 4.90 Å². The highest BCUT2D eigenvalue weighted by molar-refractivity contribution is 6.06. The van der Waals surface area contributed by atoms with Gasteiger partial charge in [-0.3, -0.25) is 9.42 Å². The second kappa shape index (κ2) is 5.16. The van der Waals surface area contributed by atoms with Gasteiger partial charge in [0.15, 0.2) is 5.78 Å². The predicted octanol–water partition coefficient (Wildman–Crippen LogP) is 2.50. The Bertz CT molecular complexity index is 838. The lowest BCUT2D eigenvalue weighted by Gasteiger charge is -1.95. The lowest BCUT2D eigenvalue weighted by atomic mass is 10.1. The average molecular weight is 284 g/mol. The minimum atomic E-state index is -0.395. The summed E-state index contributed by atoms with van der Waals surface area (Å²) >= 11 is 0. The molecule has 3 rings (SSSR count). The van der Waals surface area contributed by atoms with Crippen LogP contribution in [0.2, 0.25) is 0 Å². The molecule has 0 aliphatic rings. The first-order valence-corrected chi connectivity index (χ1v) is 6.11. The molecule has 5 nitrogen and oxygen atoms in total. The van der Waals surface area contributed by atoms with Gasteiger partial charge in [0.1, 0.15) is 5.82 Å². The molecule has 0 amide bonds. The van der Waals surface area contributed by atoms with Gasteiger partial charge in [0.05, 0.1) is 0 Å². The Morgan fingerprint density at radius 1 is 1.24 bits per heavy atom. The van der Waals surface area contributed by atoms with Crippen LogP contribution in [-0.4, -0.2) is 10.9 Å². The number of rotatable bonds is 3. The van der Waals surface area contributed by atoms with Gasteiger partial charge >= 0.3 is 0 Å². The Kier molecular flexibility index (Phi) is 3.19. The number of carbonyl (C=O) groups is 1. The Labute approximate surface area is 118 Å². The van der Waals surface area contributed by atoms with Crippen LogP contribution in [0.25, 0.3) is 17.1 Å². The highest BCUT2D eigenvalue weighted by Crippen LogP contribution is 2.12. The van der Waals surface area contributed by atoms with Crippen LogP contribution in [0.1, 0.15) is 15.9 Å². The zero-order chi connectivity index (χ0) is 14.8. The second-order valence-corrected chi connectivity index (χ2v) is 4.38. The number of nitrogens with zero attached hydrogens (tertiary/aromatic N) is 2. The molecule has 21 heavy (non-hydrogen) atoms. The lowest BCUT2D eigenvalue weighted by molar-refractivity contribution is -0.782. The van der Waals surface area contributed by atoms with Gasteiger partial charge in [-0.1, -0.05) is 12.1 Å². The standard InChI is InChI=1S/C15H9FN2O3/c16-12-5-3-11(4-6-12)15(19)8-2-10-1-7-13-14(9-10)18(20)21-17-13/h1-9H/b8-2+. The van der Waals surface area contributed by atoms with E-state index in [1.54, 1.807) is 24.3 Å². The smallest absolute Gasteiger partial charge is 0.248 e. The summed E-state index contributed by atoms with van der Waals surface area (Å²) in [5.74, 6) is -0.649. The summed E-state index contributed by atoms with van der Waals surface area (Å²) in [5, 5.41) is 14.8. The van der Waals surface area contributed by atoms with E-state index in [2.05, 4.69) is 9.79 Å². The number of ketones is 1. The van der Waals surface area contributed by atoms with Crippen LogP contribution in [0.3, 0.4) is 0 Å². The van der Waals surface area contributed by atoms with Crippen LogP contribution in [0.15, 0.2) is 53.2 Å². The first-order valence-electron chi connectivity index (χ1n) is 6.11. The molecule has 2 aromatic carbocycles. The molecule has 0 aliphatic heterocycles. The maximum atomic E-state index is 12.8. The topological polar surface area (TPSA) is 70.0 Å². The third-order valence-corrected chi connectivity index (χ3v) is 2.97. The van der Waals surface area contributed by atoms with E-state index in [1.165, 1.54) is 30.3 Å². The predicted molar refractivity (Wildman–Crippen MR) is 72.7 cm³/mol. The number of hydrogen-bond acceptors (Lipinski definition) is 4. The molecule has 0 bridgehead atoms. The number of carbonyl (C=O) groups excluding carboxylic acids is 1. The molecule has 0 N–H and O–H groups in total. The van der Waals surface area contributed by atoms with E-state index in [0.29, 0.717) is 21.5 Å². The van der Waals surface area contributed by atoms with Crippen molar-refractivity contribution in [1.29, 1.82) is 0 Å². The van der Waals surface area contributed by atoms with Crippen molar-refractivity contribution >= 4 is 22.9 Å². The van der Waals surface area contributed by atoms with Gasteiger partial charge in [-0.2, -0.15) is 0 Å². The quantitative estimate of drug-likeness (QED) is 0.421. The van der Waals surface area contributed by atoms with E-state index in [9.17, 15) is 14.4 Å². The molecule has 0 aliphatic carbocycles. The van der Waals surface area contributed by atoms with Gasteiger partial charge < -0.3 is 5.21 Å². The van der Waals surface area contributed by atoms with Crippen LogP contribution >= 0.6 is 0 Å². The Morgan fingerprint density at radius 2 is 2.00 bits per heavy atom. The highest BCUT2D eigenvalue weighted by Gasteiger charge is 2.08. The Balaban J connectivity index is 1.85. The van der Waals surface area contributed by atoms with Gasteiger partial charge in [0.2, 0.25) is 11.0 Å². The minimum absolute atomic E-state index is 0.254. The fraction of sp³-hybridized carbons (Fsp3) is 0. The SMILES string of the molecule is O=C(/C=C/c1ccc2no[n+]([O-])c2c1)c1ccc(F)cc1. The Morgan fingerprint density at radius 3 is 2.76 bits per heavy atom. The summed E-state index contributed by atoms with van der Waals surface area (Å²) in [6, 6.07) is 10.2. The lowest BCUT2D eigenvalue weighted by Crippen LogP contribution is -2.22.